The zero-order chi connectivity index (χ0) is 11.7. The molecule has 0 aliphatic rings. The second-order valence-electron chi connectivity index (χ2n) is 3.41. The molecule has 0 fully saturated rings. The van der Waals surface area contributed by atoms with Crippen molar-refractivity contribution >= 4 is 17.5 Å². The standard InChI is InChI=1S/C11H11ClN2O2/c1-6-3-4-8(15-2)7(5-6)10-9(12)11(13)16-14-10/h3-5H,13H2,1-2H3. The summed E-state index contributed by atoms with van der Waals surface area (Å²) in [5.74, 6) is 0.793. The van der Waals surface area contributed by atoms with E-state index in [0.29, 0.717) is 16.5 Å². The van der Waals surface area contributed by atoms with Crippen molar-refractivity contribution in [3.05, 3.63) is 28.8 Å². The highest BCUT2D eigenvalue weighted by Crippen LogP contribution is 2.37. The molecule has 1 heterocycles. The van der Waals surface area contributed by atoms with Gasteiger partial charge in [-0.2, -0.15) is 0 Å². The predicted molar refractivity (Wildman–Crippen MR) is 62.7 cm³/mol. The Morgan fingerprint density at radius 1 is 1.44 bits per heavy atom. The van der Waals surface area contributed by atoms with Gasteiger partial charge in [-0.1, -0.05) is 28.4 Å². The van der Waals surface area contributed by atoms with Crippen molar-refractivity contribution in [2.75, 3.05) is 12.8 Å². The summed E-state index contributed by atoms with van der Waals surface area (Å²) >= 11 is 5.99. The number of nitrogens with zero attached hydrogens (tertiary/aromatic N) is 1. The van der Waals surface area contributed by atoms with E-state index in [0.717, 1.165) is 11.1 Å². The summed E-state index contributed by atoms with van der Waals surface area (Å²) < 4.78 is 10.1. The van der Waals surface area contributed by atoms with E-state index >= 15 is 0 Å². The first-order valence-corrected chi connectivity index (χ1v) is 5.07. The quantitative estimate of drug-likeness (QED) is 0.874. The summed E-state index contributed by atoms with van der Waals surface area (Å²) in [6.45, 7) is 1.97. The van der Waals surface area contributed by atoms with Crippen LogP contribution >= 0.6 is 11.6 Å². The summed E-state index contributed by atoms with van der Waals surface area (Å²) in [6.07, 6.45) is 0. The number of halogens is 1. The minimum atomic E-state index is 0.111. The van der Waals surface area contributed by atoms with Crippen molar-refractivity contribution in [1.82, 2.24) is 5.16 Å². The molecule has 0 saturated heterocycles. The number of aryl methyl sites for hydroxylation is 1. The highest BCUT2D eigenvalue weighted by Gasteiger charge is 2.17. The van der Waals surface area contributed by atoms with Gasteiger partial charge >= 0.3 is 0 Å². The van der Waals surface area contributed by atoms with Crippen LogP contribution in [0.5, 0.6) is 5.75 Å². The molecule has 1 aromatic heterocycles. The molecule has 0 aliphatic heterocycles. The number of methoxy groups -OCH3 is 1. The molecule has 16 heavy (non-hydrogen) atoms. The average molecular weight is 239 g/mol. The van der Waals surface area contributed by atoms with E-state index in [4.69, 9.17) is 26.6 Å². The summed E-state index contributed by atoms with van der Waals surface area (Å²) in [5.41, 5.74) is 7.85. The Morgan fingerprint density at radius 2 is 2.19 bits per heavy atom. The van der Waals surface area contributed by atoms with Crippen molar-refractivity contribution in [3.63, 3.8) is 0 Å². The number of hydrogen-bond acceptors (Lipinski definition) is 4. The third-order valence-corrected chi connectivity index (χ3v) is 2.63. The first-order chi connectivity index (χ1) is 7.63. The Kier molecular flexibility index (Phi) is 2.75. The second kappa shape index (κ2) is 4.06. The Labute approximate surface area is 97.9 Å². The lowest BCUT2D eigenvalue weighted by molar-refractivity contribution is 0.414. The predicted octanol–water partition coefficient (Wildman–Crippen LogP) is 2.89. The van der Waals surface area contributed by atoms with E-state index in [-0.39, 0.29) is 5.88 Å². The number of rotatable bonds is 2. The van der Waals surface area contributed by atoms with Crippen LogP contribution in [0, 0.1) is 6.92 Å². The van der Waals surface area contributed by atoms with E-state index in [1.807, 2.05) is 25.1 Å². The normalized spacial score (nSPS) is 10.4. The Hall–Kier alpha value is -1.68. The number of benzene rings is 1. The Morgan fingerprint density at radius 3 is 2.75 bits per heavy atom. The largest absolute Gasteiger partial charge is 0.496 e. The maximum absolute atomic E-state index is 5.99. The first kappa shape index (κ1) is 10.8. The number of nitrogen functional groups attached to an aromatic ring is 1. The molecule has 0 unspecified atom stereocenters. The van der Waals surface area contributed by atoms with Gasteiger partial charge in [0, 0.05) is 5.56 Å². The third kappa shape index (κ3) is 1.72. The summed E-state index contributed by atoms with van der Waals surface area (Å²) in [6, 6.07) is 5.72. The Balaban J connectivity index is 2.62. The number of anilines is 1. The van der Waals surface area contributed by atoms with Crippen LogP contribution in [0.15, 0.2) is 22.7 Å². The molecule has 2 aromatic rings. The monoisotopic (exact) mass is 238 g/mol. The molecule has 4 nitrogen and oxygen atoms in total. The fourth-order valence-corrected chi connectivity index (χ4v) is 1.64. The van der Waals surface area contributed by atoms with Gasteiger partial charge in [0.2, 0.25) is 5.88 Å². The van der Waals surface area contributed by atoms with E-state index in [2.05, 4.69) is 5.16 Å². The Bertz CT molecular complexity index is 523. The van der Waals surface area contributed by atoms with Crippen LogP contribution in [-0.4, -0.2) is 12.3 Å². The number of nitrogens with two attached hydrogens (primary N) is 1. The lowest BCUT2D eigenvalue weighted by Gasteiger charge is -2.06. The van der Waals surface area contributed by atoms with Crippen molar-refractivity contribution in [3.8, 4) is 17.0 Å². The van der Waals surface area contributed by atoms with Crippen LogP contribution in [-0.2, 0) is 0 Å². The zero-order valence-electron chi connectivity index (χ0n) is 8.95. The highest BCUT2D eigenvalue weighted by molar-refractivity contribution is 6.35. The summed E-state index contributed by atoms with van der Waals surface area (Å²) in [4.78, 5) is 0. The van der Waals surface area contributed by atoms with Gasteiger partial charge in [0.15, 0.2) is 0 Å². The average Bonchev–Trinajstić information content (AvgIpc) is 2.60. The van der Waals surface area contributed by atoms with Gasteiger partial charge in [0.25, 0.3) is 0 Å². The molecule has 5 heteroatoms. The zero-order valence-corrected chi connectivity index (χ0v) is 9.71. The molecular formula is C11H11ClN2O2. The minimum Gasteiger partial charge on any atom is -0.496 e. The van der Waals surface area contributed by atoms with Crippen LogP contribution in [0.3, 0.4) is 0 Å². The number of hydrogen-bond donors (Lipinski definition) is 1. The molecule has 2 N–H and O–H groups in total. The maximum Gasteiger partial charge on any atom is 0.241 e. The lowest BCUT2D eigenvalue weighted by atomic mass is 10.1. The molecule has 0 radical (unpaired) electrons. The topological polar surface area (TPSA) is 61.3 Å². The van der Waals surface area contributed by atoms with E-state index in [1.165, 1.54) is 0 Å². The molecule has 0 aliphatic carbocycles. The highest BCUT2D eigenvalue weighted by atomic mass is 35.5. The number of ether oxygens (including phenoxy) is 1. The van der Waals surface area contributed by atoms with Gasteiger partial charge in [-0.05, 0) is 19.1 Å². The van der Waals surface area contributed by atoms with Gasteiger partial charge in [-0.15, -0.1) is 0 Å². The van der Waals surface area contributed by atoms with Crippen molar-refractivity contribution < 1.29 is 9.26 Å². The molecule has 0 atom stereocenters. The van der Waals surface area contributed by atoms with Crippen LogP contribution in [0.1, 0.15) is 5.56 Å². The SMILES string of the molecule is COc1ccc(C)cc1-c1noc(N)c1Cl. The number of aromatic nitrogens is 1. The van der Waals surface area contributed by atoms with Gasteiger partial charge < -0.3 is 15.0 Å². The summed E-state index contributed by atoms with van der Waals surface area (Å²) in [7, 11) is 1.59. The van der Waals surface area contributed by atoms with Gasteiger partial charge in [-0.3, -0.25) is 0 Å². The third-order valence-electron chi connectivity index (χ3n) is 2.27. The molecule has 0 saturated carbocycles. The molecule has 84 valence electrons. The smallest absolute Gasteiger partial charge is 0.241 e. The molecule has 2 rings (SSSR count). The van der Waals surface area contributed by atoms with Crippen LogP contribution < -0.4 is 10.5 Å². The van der Waals surface area contributed by atoms with Crippen LogP contribution in [0.2, 0.25) is 5.02 Å². The molecule has 0 amide bonds. The van der Waals surface area contributed by atoms with Crippen LogP contribution in [0.4, 0.5) is 5.88 Å². The van der Waals surface area contributed by atoms with Crippen molar-refractivity contribution in [2.45, 2.75) is 6.92 Å². The maximum atomic E-state index is 5.99. The minimum absolute atomic E-state index is 0.111. The van der Waals surface area contributed by atoms with Gasteiger partial charge in [0.05, 0.1) is 7.11 Å². The second-order valence-corrected chi connectivity index (χ2v) is 3.79. The van der Waals surface area contributed by atoms with E-state index < -0.39 is 0 Å². The van der Waals surface area contributed by atoms with Gasteiger partial charge in [-0.25, -0.2) is 0 Å². The molecule has 0 bridgehead atoms. The fraction of sp³-hybridized carbons (Fsp3) is 0.182. The van der Waals surface area contributed by atoms with Gasteiger partial charge in [0.1, 0.15) is 16.5 Å². The van der Waals surface area contributed by atoms with E-state index in [1.54, 1.807) is 7.11 Å². The van der Waals surface area contributed by atoms with Crippen molar-refractivity contribution in [2.24, 2.45) is 0 Å². The molecule has 0 spiro atoms. The first-order valence-electron chi connectivity index (χ1n) is 4.69. The van der Waals surface area contributed by atoms with Crippen LogP contribution in [0.25, 0.3) is 11.3 Å². The lowest BCUT2D eigenvalue weighted by Crippen LogP contribution is -1.89. The fourth-order valence-electron chi connectivity index (χ4n) is 1.47. The van der Waals surface area contributed by atoms with E-state index in [9.17, 15) is 0 Å². The summed E-state index contributed by atoms with van der Waals surface area (Å²) in [5, 5.41) is 4.13. The molecular weight excluding hydrogens is 228 g/mol. The van der Waals surface area contributed by atoms with Crippen molar-refractivity contribution in [1.29, 1.82) is 0 Å². The molecule has 1 aromatic carbocycles.